The van der Waals surface area contributed by atoms with Crippen LogP contribution in [0.2, 0.25) is 0 Å². The van der Waals surface area contributed by atoms with Gasteiger partial charge in [-0.2, -0.15) is 0 Å². The molecule has 0 saturated carbocycles. The summed E-state index contributed by atoms with van der Waals surface area (Å²) in [5, 5.41) is 0. The summed E-state index contributed by atoms with van der Waals surface area (Å²) in [4.78, 5) is 46.3. The summed E-state index contributed by atoms with van der Waals surface area (Å²) in [7, 11) is 0. The minimum atomic E-state index is -0.0120. The van der Waals surface area contributed by atoms with Crippen LogP contribution in [0.25, 0.3) is 0 Å². The van der Waals surface area contributed by atoms with Gasteiger partial charge < -0.3 is 14.7 Å². The number of fused-ring (bicyclic) bond motifs is 1. The maximum Gasteiger partial charge on any atom is 0.264 e. The molecular formula is C22H25N3O3S2. The second kappa shape index (κ2) is 9.22. The number of benzene rings is 1. The van der Waals surface area contributed by atoms with E-state index in [1.807, 2.05) is 48.2 Å². The van der Waals surface area contributed by atoms with Gasteiger partial charge in [-0.1, -0.05) is 12.1 Å². The van der Waals surface area contributed by atoms with Gasteiger partial charge in [-0.15, -0.1) is 23.1 Å². The molecule has 1 saturated heterocycles. The molecule has 158 valence electrons. The van der Waals surface area contributed by atoms with Gasteiger partial charge in [0.05, 0.1) is 10.6 Å². The summed E-state index contributed by atoms with van der Waals surface area (Å²) in [6.45, 7) is 4.77. The van der Waals surface area contributed by atoms with E-state index in [-0.39, 0.29) is 30.6 Å². The van der Waals surface area contributed by atoms with Crippen molar-refractivity contribution in [3.8, 4) is 0 Å². The normalized spacial score (nSPS) is 16.4. The van der Waals surface area contributed by atoms with Crippen LogP contribution in [0.5, 0.6) is 0 Å². The van der Waals surface area contributed by atoms with Gasteiger partial charge in [0, 0.05) is 61.1 Å². The summed E-state index contributed by atoms with van der Waals surface area (Å²) in [5.41, 5.74) is 0.946. The Kier molecular flexibility index (Phi) is 6.43. The SMILES string of the molecule is Cc1ccc(C(=O)N2CCN(C(=O)CCC(=O)N3CCSc4ccccc43)CC2)s1. The van der Waals surface area contributed by atoms with Crippen LogP contribution in [0.1, 0.15) is 27.4 Å². The molecule has 2 aromatic rings. The lowest BCUT2D eigenvalue weighted by Crippen LogP contribution is -2.50. The summed E-state index contributed by atoms with van der Waals surface area (Å²) in [6, 6.07) is 11.7. The van der Waals surface area contributed by atoms with Gasteiger partial charge in [0.25, 0.3) is 5.91 Å². The van der Waals surface area contributed by atoms with Gasteiger partial charge >= 0.3 is 0 Å². The highest BCUT2D eigenvalue weighted by Crippen LogP contribution is 2.34. The molecule has 0 unspecified atom stereocenters. The number of hydrogen-bond donors (Lipinski definition) is 0. The molecule has 3 amide bonds. The van der Waals surface area contributed by atoms with E-state index in [0.717, 1.165) is 26.1 Å². The molecule has 0 N–H and O–H groups in total. The molecule has 0 atom stereocenters. The second-order valence-corrected chi connectivity index (χ2v) is 9.87. The van der Waals surface area contributed by atoms with Crippen molar-refractivity contribution in [2.75, 3.05) is 43.4 Å². The molecule has 4 rings (SSSR count). The van der Waals surface area contributed by atoms with Crippen LogP contribution in [0.3, 0.4) is 0 Å². The number of anilines is 1. The van der Waals surface area contributed by atoms with Crippen LogP contribution >= 0.6 is 23.1 Å². The van der Waals surface area contributed by atoms with Gasteiger partial charge in [-0.3, -0.25) is 14.4 Å². The van der Waals surface area contributed by atoms with Crippen LogP contribution < -0.4 is 4.90 Å². The predicted molar refractivity (Wildman–Crippen MR) is 120 cm³/mol. The smallest absolute Gasteiger partial charge is 0.264 e. The number of aryl methyl sites for hydroxylation is 1. The number of para-hydroxylation sites is 1. The fourth-order valence-corrected chi connectivity index (χ4v) is 5.63. The molecule has 30 heavy (non-hydrogen) atoms. The Morgan fingerprint density at radius 1 is 0.867 bits per heavy atom. The van der Waals surface area contributed by atoms with Crippen molar-refractivity contribution in [2.45, 2.75) is 24.7 Å². The molecule has 0 bridgehead atoms. The van der Waals surface area contributed by atoms with Crippen molar-refractivity contribution in [3.63, 3.8) is 0 Å². The Labute approximate surface area is 184 Å². The third-order valence-corrected chi connectivity index (χ3v) is 7.48. The highest BCUT2D eigenvalue weighted by atomic mass is 32.2. The largest absolute Gasteiger partial charge is 0.339 e. The number of nitrogens with zero attached hydrogens (tertiary/aromatic N) is 3. The Balaban J connectivity index is 1.26. The zero-order chi connectivity index (χ0) is 21.1. The maximum atomic E-state index is 12.7. The molecule has 2 aliphatic rings. The first-order valence-corrected chi connectivity index (χ1v) is 12.0. The van der Waals surface area contributed by atoms with Crippen molar-refractivity contribution >= 4 is 46.5 Å². The molecule has 0 aliphatic carbocycles. The Morgan fingerprint density at radius 3 is 2.30 bits per heavy atom. The highest BCUT2D eigenvalue weighted by molar-refractivity contribution is 7.99. The lowest BCUT2D eigenvalue weighted by molar-refractivity contribution is -0.134. The van der Waals surface area contributed by atoms with Crippen molar-refractivity contribution < 1.29 is 14.4 Å². The summed E-state index contributed by atoms with van der Waals surface area (Å²) >= 11 is 3.26. The topological polar surface area (TPSA) is 60.9 Å². The third-order valence-electron chi connectivity index (χ3n) is 5.45. The molecule has 8 heteroatoms. The van der Waals surface area contributed by atoms with Gasteiger partial charge in [0.2, 0.25) is 11.8 Å². The van der Waals surface area contributed by atoms with Crippen molar-refractivity contribution in [1.82, 2.24) is 9.80 Å². The number of thioether (sulfide) groups is 1. The van der Waals surface area contributed by atoms with Gasteiger partial charge in [0.1, 0.15) is 0 Å². The van der Waals surface area contributed by atoms with Crippen molar-refractivity contribution in [3.05, 3.63) is 46.2 Å². The lowest BCUT2D eigenvalue weighted by atomic mass is 10.2. The zero-order valence-electron chi connectivity index (χ0n) is 17.0. The van der Waals surface area contributed by atoms with Gasteiger partial charge in [-0.05, 0) is 31.2 Å². The first kappa shape index (κ1) is 20.9. The fourth-order valence-electron chi connectivity index (χ4n) is 3.80. The van der Waals surface area contributed by atoms with Crippen LogP contribution in [0, 0.1) is 6.92 Å². The molecule has 1 aromatic heterocycles. The van der Waals surface area contributed by atoms with E-state index in [0.29, 0.717) is 32.7 Å². The van der Waals surface area contributed by atoms with Crippen LogP contribution in [-0.4, -0.2) is 66.0 Å². The molecule has 0 spiro atoms. The summed E-state index contributed by atoms with van der Waals surface area (Å²) in [6.07, 6.45) is 0.425. The zero-order valence-corrected chi connectivity index (χ0v) is 18.6. The lowest BCUT2D eigenvalue weighted by Gasteiger charge is -2.35. The molecule has 2 aliphatic heterocycles. The molecule has 6 nitrogen and oxygen atoms in total. The maximum absolute atomic E-state index is 12.7. The summed E-state index contributed by atoms with van der Waals surface area (Å²) < 4.78 is 0. The number of rotatable bonds is 4. The van der Waals surface area contributed by atoms with E-state index in [2.05, 4.69) is 0 Å². The highest BCUT2D eigenvalue weighted by Gasteiger charge is 2.27. The Hall–Kier alpha value is -2.32. The number of carbonyl (C=O) groups excluding carboxylic acids is 3. The Morgan fingerprint density at radius 2 is 1.57 bits per heavy atom. The number of thiophene rings is 1. The number of hydrogen-bond acceptors (Lipinski definition) is 5. The predicted octanol–water partition coefficient (Wildman–Crippen LogP) is 3.26. The Bertz CT molecular complexity index is 951. The van der Waals surface area contributed by atoms with Crippen molar-refractivity contribution in [2.24, 2.45) is 0 Å². The van der Waals surface area contributed by atoms with Crippen LogP contribution in [0.4, 0.5) is 5.69 Å². The second-order valence-electron chi connectivity index (χ2n) is 7.44. The van der Waals surface area contributed by atoms with E-state index >= 15 is 0 Å². The fraction of sp³-hybridized carbons (Fsp3) is 0.409. The first-order valence-electron chi connectivity index (χ1n) is 10.2. The van der Waals surface area contributed by atoms with Crippen LogP contribution in [-0.2, 0) is 9.59 Å². The minimum Gasteiger partial charge on any atom is -0.339 e. The van der Waals surface area contributed by atoms with Crippen LogP contribution in [0.15, 0.2) is 41.3 Å². The standard InChI is InChI=1S/C22H25N3O3S2/c1-16-6-7-19(30-16)22(28)24-12-10-23(11-13-24)20(26)8-9-21(27)25-14-15-29-18-5-3-2-4-17(18)25/h2-7H,8-15H2,1H3. The quantitative estimate of drug-likeness (QED) is 0.728. The monoisotopic (exact) mass is 443 g/mol. The van der Waals surface area contributed by atoms with E-state index in [4.69, 9.17) is 0 Å². The summed E-state index contributed by atoms with van der Waals surface area (Å²) in [5.74, 6) is 0.897. The minimum absolute atomic E-state index is 0.00187. The molecule has 1 fully saturated rings. The van der Waals surface area contributed by atoms with Gasteiger partial charge in [-0.25, -0.2) is 0 Å². The van der Waals surface area contributed by atoms with E-state index in [9.17, 15) is 14.4 Å². The molecule has 3 heterocycles. The van der Waals surface area contributed by atoms with Crippen molar-refractivity contribution in [1.29, 1.82) is 0 Å². The van der Waals surface area contributed by atoms with E-state index in [1.165, 1.54) is 11.3 Å². The first-order chi connectivity index (χ1) is 14.5. The molecular weight excluding hydrogens is 418 g/mol. The number of carbonyl (C=O) groups is 3. The van der Waals surface area contributed by atoms with Gasteiger partial charge in [0.15, 0.2) is 0 Å². The third kappa shape index (κ3) is 4.54. The molecule has 1 aromatic carbocycles. The number of amides is 3. The molecule has 0 radical (unpaired) electrons. The average Bonchev–Trinajstić information content (AvgIpc) is 3.22. The van der Waals surface area contributed by atoms with E-state index in [1.54, 1.807) is 21.6 Å². The average molecular weight is 444 g/mol. The number of piperazine rings is 1. The van der Waals surface area contributed by atoms with E-state index < -0.39 is 0 Å².